The van der Waals surface area contributed by atoms with Crippen LogP contribution in [-0.4, -0.2) is 67.5 Å². The molecular weight excluding hydrogens is 594 g/mol. The fourth-order valence-corrected chi connectivity index (χ4v) is 7.32. The SMILES string of the molecule is C#CCN([C@@H]1[C@@H](C#C)[C@H](OC(=O)c2ccccc2)[C@H](OC(=O)c2ccccc2)[C@H]2OC(C)(C)O[C@H]21)S(=O)(=O)c1ccc(C)cc1. The van der Waals surface area contributed by atoms with Crippen LogP contribution in [0.2, 0.25) is 0 Å². The van der Waals surface area contributed by atoms with Crippen molar-refractivity contribution in [1.82, 2.24) is 4.31 Å². The highest BCUT2D eigenvalue weighted by molar-refractivity contribution is 7.89. The maximum Gasteiger partial charge on any atom is 0.338 e. The molecule has 0 spiro atoms. The van der Waals surface area contributed by atoms with Gasteiger partial charge in [-0.2, -0.15) is 4.31 Å². The molecule has 2 fully saturated rings. The first-order valence-electron chi connectivity index (χ1n) is 14.3. The third-order valence-corrected chi connectivity index (χ3v) is 9.63. The van der Waals surface area contributed by atoms with Crippen LogP contribution in [0.25, 0.3) is 0 Å². The zero-order valence-corrected chi connectivity index (χ0v) is 25.8. The van der Waals surface area contributed by atoms with Crippen LogP contribution < -0.4 is 0 Å². The summed E-state index contributed by atoms with van der Waals surface area (Å²) in [7, 11) is -4.27. The van der Waals surface area contributed by atoms with E-state index in [0.717, 1.165) is 9.87 Å². The van der Waals surface area contributed by atoms with Gasteiger partial charge in [-0.25, -0.2) is 18.0 Å². The van der Waals surface area contributed by atoms with E-state index in [-0.39, 0.29) is 22.6 Å². The van der Waals surface area contributed by atoms with E-state index in [1.807, 2.05) is 6.92 Å². The fraction of sp³-hybridized carbons (Fsp3) is 0.314. The lowest BCUT2D eigenvalue weighted by atomic mass is 9.76. The maximum absolute atomic E-state index is 14.2. The van der Waals surface area contributed by atoms with Crippen LogP contribution in [-0.2, 0) is 29.0 Å². The van der Waals surface area contributed by atoms with Crippen LogP contribution in [0.15, 0.2) is 89.8 Å². The molecule has 1 aliphatic carbocycles. The van der Waals surface area contributed by atoms with Crippen molar-refractivity contribution in [3.05, 3.63) is 102 Å². The molecule has 45 heavy (non-hydrogen) atoms. The van der Waals surface area contributed by atoms with Gasteiger partial charge in [-0.15, -0.1) is 12.8 Å². The predicted octanol–water partition coefficient (Wildman–Crippen LogP) is 4.22. The van der Waals surface area contributed by atoms with Crippen LogP contribution in [0.3, 0.4) is 0 Å². The monoisotopic (exact) mass is 627 g/mol. The van der Waals surface area contributed by atoms with Gasteiger partial charge in [0.05, 0.1) is 34.5 Å². The summed E-state index contributed by atoms with van der Waals surface area (Å²) >= 11 is 0. The van der Waals surface area contributed by atoms with Gasteiger partial charge in [0, 0.05) is 0 Å². The van der Waals surface area contributed by atoms with Crippen molar-refractivity contribution in [2.24, 2.45) is 5.92 Å². The molecule has 6 atom stereocenters. The molecule has 232 valence electrons. The summed E-state index contributed by atoms with van der Waals surface area (Å²) in [5.41, 5.74) is 1.33. The molecular formula is C35H33NO8S. The Labute approximate surface area is 263 Å². The average Bonchev–Trinajstić information content (AvgIpc) is 3.36. The van der Waals surface area contributed by atoms with Crippen LogP contribution in [0.4, 0.5) is 0 Å². The smallest absolute Gasteiger partial charge is 0.338 e. The van der Waals surface area contributed by atoms with Gasteiger partial charge in [0.2, 0.25) is 10.0 Å². The van der Waals surface area contributed by atoms with E-state index in [4.69, 9.17) is 31.8 Å². The Bertz CT molecular complexity index is 1730. The zero-order chi connectivity index (χ0) is 32.4. The third kappa shape index (κ3) is 6.51. The molecule has 2 aliphatic rings. The number of carbonyl (C=O) groups excluding carboxylic acids is 2. The van der Waals surface area contributed by atoms with Crippen LogP contribution in [0.5, 0.6) is 0 Å². The minimum absolute atomic E-state index is 0.00990. The minimum Gasteiger partial charge on any atom is -0.453 e. The number of hydrogen-bond acceptors (Lipinski definition) is 8. The van der Waals surface area contributed by atoms with Crippen LogP contribution in [0, 0.1) is 37.5 Å². The molecule has 1 aliphatic heterocycles. The second kappa shape index (κ2) is 12.9. The Morgan fingerprint density at radius 3 is 1.84 bits per heavy atom. The lowest BCUT2D eigenvalue weighted by Crippen LogP contribution is -2.66. The van der Waals surface area contributed by atoms with Crippen molar-refractivity contribution in [2.45, 2.75) is 61.9 Å². The van der Waals surface area contributed by atoms with E-state index in [2.05, 4.69) is 11.8 Å². The molecule has 0 aromatic heterocycles. The Kier molecular flexibility index (Phi) is 9.15. The normalized spacial score (nSPS) is 25.4. The number of esters is 2. The van der Waals surface area contributed by atoms with Crippen molar-refractivity contribution in [1.29, 1.82) is 0 Å². The molecule has 0 bridgehead atoms. The highest BCUT2D eigenvalue weighted by Crippen LogP contribution is 2.45. The molecule has 0 amide bonds. The lowest BCUT2D eigenvalue weighted by Gasteiger charge is -2.47. The molecule has 0 unspecified atom stereocenters. The number of benzene rings is 3. The number of carbonyl (C=O) groups is 2. The van der Waals surface area contributed by atoms with Gasteiger partial charge in [-0.05, 0) is 57.2 Å². The standard InChI is InChI=1S/C35H33NO8S/c1-6-22-36(45(39,40)26-20-18-23(3)19-21-26)28-27(7-2)29(41-33(37)24-14-10-8-11-15-24)31(32-30(28)43-35(4,5)44-32)42-34(38)25-16-12-9-13-17-25/h1-2,8-21,27-32H,22H2,3-5H3/t27-,28-,29+,30+,31+,32+/m1/s1. The second-order valence-corrected chi connectivity index (χ2v) is 13.2. The number of fused-ring (bicyclic) bond motifs is 1. The van der Waals surface area contributed by atoms with Crippen molar-refractivity contribution < 1.29 is 37.0 Å². The van der Waals surface area contributed by atoms with E-state index in [0.29, 0.717) is 0 Å². The minimum atomic E-state index is -4.27. The van der Waals surface area contributed by atoms with Crippen molar-refractivity contribution >= 4 is 22.0 Å². The summed E-state index contributed by atoms with van der Waals surface area (Å²) in [6.45, 7) is 4.76. The quantitative estimate of drug-likeness (QED) is 0.270. The first-order valence-corrected chi connectivity index (χ1v) is 15.8. The van der Waals surface area contributed by atoms with Crippen LogP contribution >= 0.6 is 0 Å². The number of nitrogens with zero attached hydrogens (tertiary/aromatic N) is 1. The Balaban J connectivity index is 1.64. The lowest BCUT2D eigenvalue weighted by molar-refractivity contribution is -0.162. The van der Waals surface area contributed by atoms with Gasteiger partial charge < -0.3 is 18.9 Å². The number of sulfonamides is 1. The molecule has 10 heteroatoms. The van der Waals surface area contributed by atoms with Gasteiger partial charge in [0.15, 0.2) is 18.0 Å². The van der Waals surface area contributed by atoms with E-state index in [9.17, 15) is 18.0 Å². The van der Waals surface area contributed by atoms with Gasteiger partial charge in [0.25, 0.3) is 0 Å². The molecule has 9 nitrogen and oxygen atoms in total. The van der Waals surface area contributed by atoms with E-state index >= 15 is 0 Å². The van der Waals surface area contributed by atoms with Crippen molar-refractivity contribution in [3.8, 4) is 24.7 Å². The Morgan fingerprint density at radius 2 is 1.33 bits per heavy atom. The highest BCUT2D eigenvalue weighted by Gasteiger charge is 2.63. The van der Waals surface area contributed by atoms with Crippen molar-refractivity contribution in [2.75, 3.05) is 6.54 Å². The summed E-state index contributed by atoms with van der Waals surface area (Å²) in [6.07, 6.45) is 7.08. The molecule has 1 saturated heterocycles. The molecule has 0 N–H and O–H groups in total. The number of terminal acetylenes is 2. The number of hydrogen-bond donors (Lipinski definition) is 0. The largest absolute Gasteiger partial charge is 0.453 e. The molecule has 3 aromatic rings. The summed E-state index contributed by atoms with van der Waals surface area (Å²) in [4.78, 5) is 26.9. The van der Waals surface area contributed by atoms with Gasteiger partial charge >= 0.3 is 11.9 Å². The van der Waals surface area contributed by atoms with E-state index < -0.39 is 64.1 Å². The zero-order valence-electron chi connectivity index (χ0n) is 25.0. The molecule has 1 heterocycles. The first-order chi connectivity index (χ1) is 21.5. The topological polar surface area (TPSA) is 108 Å². The van der Waals surface area contributed by atoms with Crippen molar-refractivity contribution in [3.63, 3.8) is 0 Å². The second-order valence-electron chi connectivity index (χ2n) is 11.3. The maximum atomic E-state index is 14.2. The summed E-state index contributed by atoms with van der Waals surface area (Å²) in [5.74, 6) is 1.17. The summed E-state index contributed by atoms with van der Waals surface area (Å²) in [6, 6.07) is 21.6. The van der Waals surface area contributed by atoms with E-state index in [1.54, 1.807) is 86.6 Å². The van der Waals surface area contributed by atoms with E-state index in [1.165, 1.54) is 12.1 Å². The molecule has 0 radical (unpaired) electrons. The van der Waals surface area contributed by atoms with Gasteiger partial charge in [0.1, 0.15) is 12.2 Å². The third-order valence-electron chi connectivity index (χ3n) is 7.77. The molecule has 3 aromatic carbocycles. The Hall–Kier alpha value is -4.45. The average molecular weight is 628 g/mol. The molecule has 5 rings (SSSR count). The van der Waals surface area contributed by atoms with Gasteiger partial charge in [-0.1, -0.05) is 65.9 Å². The van der Waals surface area contributed by atoms with Crippen LogP contribution in [0.1, 0.15) is 40.1 Å². The summed E-state index contributed by atoms with van der Waals surface area (Å²) in [5, 5.41) is 0. The highest BCUT2D eigenvalue weighted by atomic mass is 32.2. The Morgan fingerprint density at radius 1 is 0.822 bits per heavy atom. The predicted molar refractivity (Wildman–Crippen MR) is 165 cm³/mol. The van der Waals surface area contributed by atoms with Gasteiger partial charge in [-0.3, -0.25) is 0 Å². The number of aryl methyl sites for hydroxylation is 1. The number of rotatable bonds is 8. The molecule has 1 saturated carbocycles. The summed E-state index contributed by atoms with van der Waals surface area (Å²) < 4.78 is 54.1. The first kappa shape index (κ1) is 32.0. The fourth-order valence-electron chi connectivity index (χ4n) is 5.75. The number of ether oxygens (including phenoxy) is 4.